The maximum atomic E-state index is 6.15. The van der Waals surface area contributed by atoms with Crippen LogP contribution in [0.2, 0.25) is 0 Å². The molecule has 0 atom stereocenters. The van der Waals surface area contributed by atoms with Gasteiger partial charge in [-0.05, 0) is 49.5 Å². The van der Waals surface area contributed by atoms with E-state index in [9.17, 15) is 0 Å². The number of aliphatic imine (C=N–C) groups is 1. The highest BCUT2D eigenvalue weighted by molar-refractivity contribution is 14.0. The van der Waals surface area contributed by atoms with Gasteiger partial charge in [-0.25, -0.2) is 0 Å². The molecule has 3 nitrogen and oxygen atoms in total. The Hall–Kier alpha value is -0.780. The van der Waals surface area contributed by atoms with Gasteiger partial charge in [-0.1, -0.05) is 30.3 Å². The van der Waals surface area contributed by atoms with Crippen LogP contribution in [0, 0.1) is 5.41 Å². The first-order valence-electron chi connectivity index (χ1n) is 7.86. The van der Waals surface area contributed by atoms with E-state index in [1.807, 2.05) is 0 Å². The Morgan fingerprint density at radius 2 is 1.76 bits per heavy atom. The van der Waals surface area contributed by atoms with E-state index >= 15 is 0 Å². The molecule has 0 radical (unpaired) electrons. The molecule has 1 aromatic carbocycles. The molecule has 0 spiro atoms. The van der Waals surface area contributed by atoms with Gasteiger partial charge in [0, 0.05) is 19.6 Å². The summed E-state index contributed by atoms with van der Waals surface area (Å²) in [5.74, 6) is 0.768. The van der Waals surface area contributed by atoms with E-state index in [1.165, 1.54) is 37.7 Å². The summed E-state index contributed by atoms with van der Waals surface area (Å²) >= 11 is 0. The summed E-state index contributed by atoms with van der Waals surface area (Å²) in [5, 5.41) is 0. The van der Waals surface area contributed by atoms with Crippen molar-refractivity contribution in [1.29, 1.82) is 0 Å². The first-order valence-corrected chi connectivity index (χ1v) is 7.86. The monoisotopic (exact) mass is 399 g/mol. The van der Waals surface area contributed by atoms with E-state index in [-0.39, 0.29) is 24.0 Å². The molecular formula is C17H26IN3. The van der Waals surface area contributed by atoms with Crippen molar-refractivity contribution in [2.75, 3.05) is 19.6 Å². The predicted octanol–water partition coefficient (Wildman–Crippen LogP) is 3.43. The molecule has 1 aliphatic carbocycles. The van der Waals surface area contributed by atoms with Crippen molar-refractivity contribution in [3.63, 3.8) is 0 Å². The summed E-state index contributed by atoms with van der Waals surface area (Å²) in [6.07, 6.45) is 7.57. The standard InChI is InChI=1S/C17H25N3.HI/c18-16(20-11-5-2-6-12-20)19-14-17(9-10-17)13-15-7-3-1-4-8-15;/h1,3-4,7-8H,2,5-6,9-14H2,(H2,18,19);1H. The van der Waals surface area contributed by atoms with Gasteiger partial charge in [0.15, 0.2) is 5.96 Å². The average Bonchev–Trinajstić information content (AvgIpc) is 3.27. The highest BCUT2D eigenvalue weighted by atomic mass is 127. The first kappa shape index (κ1) is 16.6. The van der Waals surface area contributed by atoms with Crippen molar-refractivity contribution in [3.8, 4) is 0 Å². The Bertz CT molecular complexity index is 462. The maximum Gasteiger partial charge on any atom is 0.191 e. The second-order valence-electron chi connectivity index (χ2n) is 6.38. The number of benzene rings is 1. The summed E-state index contributed by atoms with van der Waals surface area (Å²) in [5.41, 5.74) is 7.97. The van der Waals surface area contributed by atoms with Crippen molar-refractivity contribution in [2.45, 2.75) is 38.5 Å². The van der Waals surface area contributed by atoms with Crippen LogP contribution in [0.1, 0.15) is 37.7 Å². The van der Waals surface area contributed by atoms with Gasteiger partial charge >= 0.3 is 0 Å². The predicted molar refractivity (Wildman–Crippen MR) is 99.1 cm³/mol. The molecule has 2 N–H and O–H groups in total. The molecule has 0 aromatic heterocycles. The summed E-state index contributed by atoms with van der Waals surface area (Å²) in [6.45, 7) is 3.06. The third kappa shape index (κ3) is 4.59. The Morgan fingerprint density at radius 3 is 2.38 bits per heavy atom. The van der Waals surface area contributed by atoms with Crippen LogP contribution >= 0.6 is 24.0 Å². The zero-order chi connectivity index (χ0) is 13.8. The number of guanidine groups is 1. The molecule has 0 amide bonds. The minimum Gasteiger partial charge on any atom is -0.370 e. The Kier molecular flexibility index (Phi) is 5.90. The Labute approximate surface area is 145 Å². The summed E-state index contributed by atoms with van der Waals surface area (Å²) in [7, 11) is 0. The van der Waals surface area contributed by atoms with Crippen LogP contribution < -0.4 is 5.73 Å². The number of halogens is 1. The van der Waals surface area contributed by atoms with E-state index in [1.54, 1.807) is 0 Å². The van der Waals surface area contributed by atoms with Crippen molar-refractivity contribution in [1.82, 2.24) is 4.90 Å². The molecule has 3 rings (SSSR count). The van der Waals surface area contributed by atoms with Gasteiger partial charge in [0.25, 0.3) is 0 Å². The van der Waals surface area contributed by atoms with Gasteiger partial charge in [0.1, 0.15) is 0 Å². The van der Waals surface area contributed by atoms with Gasteiger partial charge in [-0.2, -0.15) is 0 Å². The molecule has 1 heterocycles. The largest absolute Gasteiger partial charge is 0.370 e. The van der Waals surface area contributed by atoms with Crippen LogP contribution in [-0.4, -0.2) is 30.5 Å². The topological polar surface area (TPSA) is 41.6 Å². The lowest BCUT2D eigenvalue weighted by molar-refractivity contribution is 0.336. The van der Waals surface area contributed by atoms with E-state index in [0.717, 1.165) is 32.0 Å². The molecule has 1 aliphatic heterocycles. The maximum absolute atomic E-state index is 6.15. The zero-order valence-corrected chi connectivity index (χ0v) is 15.0. The highest BCUT2D eigenvalue weighted by Crippen LogP contribution is 2.48. The number of rotatable bonds is 4. The van der Waals surface area contributed by atoms with Crippen molar-refractivity contribution < 1.29 is 0 Å². The number of hydrogen-bond donors (Lipinski definition) is 1. The number of piperidine rings is 1. The lowest BCUT2D eigenvalue weighted by Gasteiger charge is -2.28. The quantitative estimate of drug-likeness (QED) is 0.479. The molecule has 0 bridgehead atoms. The Morgan fingerprint density at radius 1 is 1.10 bits per heavy atom. The van der Waals surface area contributed by atoms with Crippen LogP contribution in [0.4, 0.5) is 0 Å². The molecule has 0 unspecified atom stereocenters. The second kappa shape index (κ2) is 7.47. The highest BCUT2D eigenvalue weighted by Gasteiger charge is 2.42. The molecule has 21 heavy (non-hydrogen) atoms. The molecule has 2 fully saturated rings. The fourth-order valence-corrected chi connectivity index (χ4v) is 3.07. The molecule has 4 heteroatoms. The fraction of sp³-hybridized carbons (Fsp3) is 0.588. The Balaban J connectivity index is 0.00000161. The van der Waals surface area contributed by atoms with Crippen LogP contribution in [0.15, 0.2) is 35.3 Å². The third-order valence-corrected chi connectivity index (χ3v) is 4.64. The SMILES string of the molecule is I.NC(=NCC1(Cc2ccccc2)CC1)N1CCCCC1. The zero-order valence-electron chi connectivity index (χ0n) is 12.6. The molecule has 1 saturated carbocycles. The number of nitrogens with zero attached hydrogens (tertiary/aromatic N) is 2. The average molecular weight is 399 g/mol. The molecule has 116 valence electrons. The van der Waals surface area contributed by atoms with Crippen LogP contribution in [0.3, 0.4) is 0 Å². The molecular weight excluding hydrogens is 373 g/mol. The van der Waals surface area contributed by atoms with Gasteiger partial charge in [0.2, 0.25) is 0 Å². The number of likely N-dealkylation sites (tertiary alicyclic amines) is 1. The van der Waals surface area contributed by atoms with E-state index < -0.39 is 0 Å². The normalized spacial score (nSPS) is 20.8. The van der Waals surface area contributed by atoms with Crippen molar-refractivity contribution >= 4 is 29.9 Å². The molecule has 1 aromatic rings. The first-order chi connectivity index (χ1) is 9.77. The van der Waals surface area contributed by atoms with Crippen LogP contribution in [0.25, 0.3) is 0 Å². The van der Waals surface area contributed by atoms with Crippen molar-refractivity contribution in [2.24, 2.45) is 16.1 Å². The van der Waals surface area contributed by atoms with Crippen LogP contribution in [0.5, 0.6) is 0 Å². The minimum absolute atomic E-state index is 0. The molecule has 1 saturated heterocycles. The lowest BCUT2D eigenvalue weighted by Crippen LogP contribution is -2.41. The number of hydrogen-bond acceptors (Lipinski definition) is 1. The smallest absolute Gasteiger partial charge is 0.191 e. The third-order valence-electron chi connectivity index (χ3n) is 4.64. The summed E-state index contributed by atoms with van der Waals surface area (Å²) in [4.78, 5) is 6.95. The van der Waals surface area contributed by atoms with Crippen molar-refractivity contribution in [3.05, 3.63) is 35.9 Å². The number of nitrogens with two attached hydrogens (primary N) is 1. The summed E-state index contributed by atoms with van der Waals surface area (Å²) in [6, 6.07) is 10.8. The van der Waals surface area contributed by atoms with Gasteiger partial charge < -0.3 is 10.6 Å². The van der Waals surface area contributed by atoms with E-state index in [2.05, 4.69) is 35.2 Å². The van der Waals surface area contributed by atoms with Gasteiger partial charge in [-0.15, -0.1) is 24.0 Å². The van der Waals surface area contributed by atoms with Crippen LogP contribution in [-0.2, 0) is 6.42 Å². The lowest BCUT2D eigenvalue weighted by atomic mass is 9.97. The summed E-state index contributed by atoms with van der Waals surface area (Å²) < 4.78 is 0. The van der Waals surface area contributed by atoms with E-state index in [0.29, 0.717) is 5.41 Å². The van der Waals surface area contributed by atoms with Gasteiger partial charge in [-0.3, -0.25) is 4.99 Å². The second-order valence-corrected chi connectivity index (χ2v) is 6.38. The fourth-order valence-electron chi connectivity index (χ4n) is 3.07. The molecule has 2 aliphatic rings. The van der Waals surface area contributed by atoms with E-state index in [4.69, 9.17) is 10.7 Å². The van der Waals surface area contributed by atoms with Gasteiger partial charge in [0.05, 0.1) is 0 Å². The minimum atomic E-state index is 0.